The van der Waals surface area contributed by atoms with Crippen LogP contribution in [0.5, 0.6) is 0 Å². The molecule has 0 unspecified atom stereocenters. The Balaban J connectivity index is 0.00000225. The zero-order valence-corrected chi connectivity index (χ0v) is 17.7. The third-order valence-corrected chi connectivity index (χ3v) is 4.86. The van der Waals surface area contributed by atoms with Gasteiger partial charge in [0.05, 0.1) is 5.69 Å². The van der Waals surface area contributed by atoms with Crippen LogP contribution in [0.1, 0.15) is 10.6 Å². The molecule has 3 rings (SSSR count). The number of aliphatic imine (C=N–C) groups is 1. The monoisotopic (exact) mass is 469 g/mol. The van der Waals surface area contributed by atoms with Crippen molar-refractivity contribution >= 4 is 46.9 Å². The Kier molecular flexibility index (Phi) is 7.70. The molecular weight excluding hydrogens is 445 g/mol. The van der Waals surface area contributed by atoms with Crippen molar-refractivity contribution in [1.29, 1.82) is 0 Å². The number of fused-ring (bicyclic) bond motifs is 1. The molecule has 0 saturated carbocycles. The summed E-state index contributed by atoms with van der Waals surface area (Å²) in [4.78, 5) is 12.6. The number of guanidine groups is 1. The lowest BCUT2D eigenvalue weighted by atomic mass is 10.3. The number of pyridine rings is 1. The van der Waals surface area contributed by atoms with E-state index in [0.29, 0.717) is 0 Å². The Bertz CT molecular complexity index is 764. The van der Waals surface area contributed by atoms with Gasteiger partial charge in [0.2, 0.25) is 0 Å². The van der Waals surface area contributed by atoms with E-state index in [1.807, 2.05) is 31.4 Å². The molecule has 3 aromatic rings. The number of hydrogen-bond donors (Lipinski definition) is 1. The lowest BCUT2D eigenvalue weighted by Gasteiger charge is -2.21. The molecule has 7 heteroatoms. The van der Waals surface area contributed by atoms with Crippen molar-refractivity contribution in [2.45, 2.75) is 12.8 Å². The van der Waals surface area contributed by atoms with Gasteiger partial charge in [0.1, 0.15) is 5.65 Å². The van der Waals surface area contributed by atoms with Crippen LogP contribution < -0.4 is 5.32 Å². The highest BCUT2D eigenvalue weighted by Crippen LogP contribution is 2.09. The van der Waals surface area contributed by atoms with Crippen LogP contribution in [0.2, 0.25) is 0 Å². The molecule has 0 fully saturated rings. The largest absolute Gasteiger partial charge is 0.356 e. The van der Waals surface area contributed by atoms with Crippen molar-refractivity contribution in [2.75, 3.05) is 27.2 Å². The van der Waals surface area contributed by atoms with Crippen molar-refractivity contribution in [3.63, 3.8) is 0 Å². The Morgan fingerprint density at radius 2 is 2.16 bits per heavy atom. The number of nitrogens with one attached hydrogen (secondary N) is 1. The summed E-state index contributed by atoms with van der Waals surface area (Å²) in [6, 6.07) is 10.3. The molecule has 25 heavy (non-hydrogen) atoms. The first kappa shape index (κ1) is 19.7. The Labute approximate surface area is 169 Å². The first-order chi connectivity index (χ1) is 11.8. The second-order valence-electron chi connectivity index (χ2n) is 5.67. The van der Waals surface area contributed by atoms with Gasteiger partial charge in [0.15, 0.2) is 5.96 Å². The molecule has 0 aliphatic heterocycles. The molecule has 0 amide bonds. The highest BCUT2D eigenvalue weighted by atomic mass is 127. The van der Waals surface area contributed by atoms with Crippen molar-refractivity contribution < 1.29 is 0 Å². The summed E-state index contributed by atoms with van der Waals surface area (Å²) in [6.07, 6.45) is 6.03. The molecule has 0 aliphatic rings. The molecule has 134 valence electrons. The van der Waals surface area contributed by atoms with Gasteiger partial charge in [-0.25, -0.2) is 4.98 Å². The molecule has 0 spiro atoms. The van der Waals surface area contributed by atoms with Crippen LogP contribution in [-0.2, 0) is 12.8 Å². The number of rotatable bonds is 6. The molecule has 1 N–H and O–H groups in total. The van der Waals surface area contributed by atoms with E-state index in [9.17, 15) is 0 Å². The summed E-state index contributed by atoms with van der Waals surface area (Å²) in [5.41, 5.74) is 2.08. The van der Waals surface area contributed by atoms with Crippen molar-refractivity contribution in [1.82, 2.24) is 19.6 Å². The molecule has 0 aromatic carbocycles. The minimum atomic E-state index is 0. The Morgan fingerprint density at radius 3 is 2.88 bits per heavy atom. The highest BCUT2D eigenvalue weighted by molar-refractivity contribution is 14.0. The van der Waals surface area contributed by atoms with Gasteiger partial charge in [0.25, 0.3) is 0 Å². The van der Waals surface area contributed by atoms with E-state index < -0.39 is 0 Å². The number of nitrogens with zero attached hydrogens (tertiary/aromatic N) is 4. The first-order valence-corrected chi connectivity index (χ1v) is 9.01. The smallest absolute Gasteiger partial charge is 0.193 e. The molecule has 0 bridgehead atoms. The standard InChI is InChI=1S/C18H23N5S.HI/c1-19-18(22(2)12-9-16-6-5-13-24-16)20-10-8-15-14-23-11-4-3-7-17(23)21-15;/h3-7,11,13-14H,8-10,12H2,1-2H3,(H,19,20);1H. The SMILES string of the molecule is CN=C(NCCc1cn2ccccc2n1)N(C)CCc1cccs1.I. The van der Waals surface area contributed by atoms with E-state index in [1.165, 1.54) is 4.88 Å². The molecule has 0 atom stereocenters. The maximum Gasteiger partial charge on any atom is 0.193 e. The highest BCUT2D eigenvalue weighted by Gasteiger charge is 2.07. The third-order valence-electron chi connectivity index (χ3n) is 3.93. The van der Waals surface area contributed by atoms with Gasteiger partial charge in [-0.05, 0) is 30.0 Å². The Hall–Kier alpha value is -1.61. The van der Waals surface area contributed by atoms with Crippen LogP contribution in [0.25, 0.3) is 5.65 Å². The molecule has 3 heterocycles. The Morgan fingerprint density at radius 1 is 1.28 bits per heavy atom. The number of thiophene rings is 1. The first-order valence-electron chi connectivity index (χ1n) is 8.13. The van der Waals surface area contributed by atoms with E-state index in [2.05, 4.69) is 55.4 Å². The molecular formula is C18H24IN5S. The summed E-state index contributed by atoms with van der Waals surface area (Å²) >= 11 is 1.80. The average Bonchev–Trinajstić information content (AvgIpc) is 3.25. The van der Waals surface area contributed by atoms with Gasteiger partial charge in [-0.15, -0.1) is 35.3 Å². The zero-order chi connectivity index (χ0) is 16.8. The topological polar surface area (TPSA) is 44.9 Å². The van der Waals surface area contributed by atoms with E-state index in [-0.39, 0.29) is 24.0 Å². The summed E-state index contributed by atoms with van der Waals surface area (Å²) in [5.74, 6) is 0.926. The third kappa shape index (κ3) is 5.43. The molecule has 0 aliphatic carbocycles. The normalized spacial score (nSPS) is 11.4. The summed E-state index contributed by atoms with van der Waals surface area (Å²) in [5, 5.41) is 5.54. The summed E-state index contributed by atoms with van der Waals surface area (Å²) < 4.78 is 2.05. The van der Waals surface area contributed by atoms with Crippen LogP contribution in [0.3, 0.4) is 0 Å². The lowest BCUT2D eigenvalue weighted by molar-refractivity contribution is 0.487. The minimum Gasteiger partial charge on any atom is -0.356 e. The van der Waals surface area contributed by atoms with E-state index in [0.717, 1.165) is 43.2 Å². The summed E-state index contributed by atoms with van der Waals surface area (Å²) in [6.45, 7) is 1.77. The maximum atomic E-state index is 4.62. The van der Waals surface area contributed by atoms with Gasteiger partial charge in [0, 0.05) is 50.9 Å². The van der Waals surface area contributed by atoms with Crippen LogP contribution in [-0.4, -0.2) is 47.4 Å². The lowest BCUT2D eigenvalue weighted by Crippen LogP contribution is -2.40. The molecule has 5 nitrogen and oxygen atoms in total. The van der Waals surface area contributed by atoms with Gasteiger partial charge < -0.3 is 14.6 Å². The quantitative estimate of drug-likeness (QED) is 0.343. The maximum absolute atomic E-state index is 4.62. The van der Waals surface area contributed by atoms with Crippen LogP contribution in [0, 0.1) is 0 Å². The number of imidazole rings is 1. The van der Waals surface area contributed by atoms with Crippen LogP contribution in [0.15, 0.2) is 53.1 Å². The molecule has 3 aromatic heterocycles. The number of aromatic nitrogens is 2. The van der Waals surface area contributed by atoms with Crippen molar-refractivity contribution in [3.05, 3.63) is 58.7 Å². The average molecular weight is 469 g/mol. The van der Waals surface area contributed by atoms with Crippen molar-refractivity contribution in [2.24, 2.45) is 4.99 Å². The second-order valence-corrected chi connectivity index (χ2v) is 6.71. The predicted octanol–water partition coefficient (Wildman–Crippen LogP) is 3.31. The van der Waals surface area contributed by atoms with Gasteiger partial charge >= 0.3 is 0 Å². The van der Waals surface area contributed by atoms with Gasteiger partial charge in [-0.3, -0.25) is 4.99 Å². The van der Waals surface area contributed by atoms with Crippen LogP contribution >= 0.6 is 35.3 Å². The predicted molar refractivity (Wildman–Crippen MR) is 116 cm³/mol. The fraction of sp³-hybridized carbons (Fsp3) is 0.333. The van der Waals surface area contributed by atoms with E-state index >= 15 is 0 Å². The van der Waals surface area contributed by atoms with Crippen LogP contribution in [0.4, 0.5) is 0 Å². The van der Waals surface area contributed by atoms with E-state index in [1.54, 1.807) is 11.3 Å². The fourth-order valence-electron chi connectivity index (χ4n) is 2.63. The number of likely N-dealkylation sites (N-methyl/N-ethyl adjacent to an activating group) is 1. The minimum absolute atomic E-state index is 0. The molecule has 0 saturated heterocycles. The van der Waals surface area contributed by atoms with Gasteiger partial charge in [-0.2, -0.15) is 0 Å². The van der Waals surface area contributed by atoms with Gasteiger partial charge in [-0.1, -0.05) is 12.1 Å². The summed E-state index contributed by atoms with van der Waals surface area (Å²) in [7, 11) is 3.91. The number of halogens is 1. The molecule has 0 radical (unpaired) electrons. The van der Waals surface area contributed by atoms with E-state index in [4.69, 9.17) is 0 Å². The second kappa shape index (κ2) is 9.76. The number of hydrogen-bond acceptors (Lipinski definition) is 3. The fourth-order valence-corrected chi connectivity index (χ4v) is 3.33. The van der Waals surface area contributed by atoms with Crippen molar-refractivity contribution in [3.8, 4) is 0 Å². The zero-order valence-electron chi connectivity index (χ0n) is 14.6.